The number of benzene rings is 1. The first-order valence-electron chi connectivity index (χ1n) is 10.1. The van der Waals surface area contributed by atoms with Crippen LogP contribution in [0.5, 0.6) is 0 Å². The largest absolute Gasteiger partial charge is 0.378 e. The lowest BCUT2D eigenvalue weighted by atomic mass is 10.1. The molecule has 2 rings (SSSR count). The van der Waals surface area contributed by atoms with Crippen molar-refractivity contribution in [2.24, 2.45) is 0 Å². The molecule has 0 aromatic heterocycles. The minimum absolute atomic E-state index is 0.0224. The maximum atomic E-state index is 12.6. The van der Waals surface area contributed by atoms with Crippen molar-refractivity contribution in [2.75, 3.05) is 50.9 Å². The number of carbonyl (C=O) groups excluding carboxylic acids is 2. The Morgan fingerprint density at radius 1 is 1.13 bits per heavy atom. The first-order valence-corrected chi connectivity index (χ1v) is 12.7. The Kier molecular flexibility index (Phi) is 9.60. The highest BCUT2D eigenvalue weighted by Gasteiger charge is 2.22. The van der Waals surface area contributed by atoms with Gasteiger partial charge in [-0.25, -0.2) is 8.42 Å². The molecule has 1 heterocycles. The molecule has 1 saturated heterocycles. The molecule has 2 amide bonds. The van der Waals surface area contributed by atoms with E-state index in [1.54, 1.807) is 43.0 Å². The highest BCUT2D eigenvalue weighted by molar-refractivity contribution is 8.00. The molecule has 10 heteroatoms. The van der Waals surface area contributed by atoms with Gasteiger partial charge in [0.15, 0.2) is 0 Å². The highest BCUT2D eigenvalue weighted by Crippen LogP contribution is 2.19. The Hall–Kier alpha value is -1.62. The molecule has 1 aromatic carbocycles. The Labute approximate surface area is 183 Å². The van der Waals surface area contributed by atoms with Gasteiger partial charge in [-0.1, -0.05) is 26.0 Å². The molecule has 1 N–H and O–H groups in total. The zero-order chi connectivity index (χ0) is 22.1. The summed E-state index contributed by atoms with van der Waals surface area (Å²) >= 11 is 1.29. The van der Waals surface area contributed by atoms with Gasteiger partial charge in [0.1, 0.15) is 0 Å². The van der Waals surface area contributed by atoms with Gasteiger partial charge < -0.3 is 15.0 Å². The molecule has 1 aliphatic rings. The van der Waals surface area contributed by atoms with Gasteiger partial charge in [0.2, 0.25) is 21.8 Å². The lowest BCUT2D eigenvalue weighted by Crippen LogP contribution is -2.41. The average Bonchev–Trinajstić information content (AvgIpc) is 2.75. The molecule has 0 saturated carbocycles. The van der Waals surface area contributed by atoms with Crippen molar-refractivity contribution in [3.8, 4) is 0 Å². The Morgan fingerprint density at radius 3 is 2.30 bits per heavy atom. The van der Waals surface area contributed by atoms with Crippen LogP contribution in [0, 0.1) is 0 Å². The van der Waals surface area contributed by atoms with Crippen LogP contribution in [0.15, 0.2) is 29.2 Å². The molecule has 1 unspecified atom stereocenters. The number of ether oxygens (including phenoxy) is 1. The van der Waals surface area contributed by atoms with E-state index < -0.39 is 10.0 Å². The number of nitrogens with one attached hydrogen (secondary N) is 1. The summed E-state index contributed by atoms with van der Waals surface area (Å²) in [5.41, 5.74) is 0.816. The molecule has 1 aromatic rings. The van der Waals surface area contributed by atoms with Gasteiger partial charge in [-0.3, -0.25) is 9.59 Å². The molecule has 0 bridgehead atoms. The molecule has 0 spiro atoms. The summed E-state index contributed by atoms with van der Waals surface area (Å²) in [6.45, 7) is 8.60. The van der Waals surface area contributed by atoms with Crippen molar-refractivity contribution < 1.29 is 22.7 Å². The fourth-order valence-corrected chi connectivity index (χ4v) is 5.33. The number of hydrogen-bond donors (Lipinski definition) is 1. The first kappa shape index (κ1) is 24.6. The fraction of sp³-hybridized carbons (Fsp3) is 0.600. The molecular weight excluding hydrogens is 426 g/mol. The summed E-state index contributed by atoms with van der Waals surface area (Å²) in [6, 6.07) is 6.31. The molecule has 168 valence electrons. The van der Waals surface area contributed by atoms with Gasteiger partial charge in [-0.05, 0) is 24.6 Å². The van der Waals surface area contributed by atoms with E-state index >= 15 is 0 Å². The summed E-state index contributed by atoms with van der Waals surface area (Å²) < 4.78 is 31.7. The number of hydrogen-bond acceptors (Lipinski definition) is 6. The number of carbonyl (C=O) groups is 2. The van der Waals surface area contributed by atoms with Gasteiger partial charge in [0.05, 0.1) is 35.7 Å². The van der Waals surface area contributed by atoms with Crippen LogP contribution < -0.4 is 5.32 Å². The van der Waals surface area contributed by atoms with Crippen molar-refractivity contribution in [3.63, 3.8) is 0 Å². The van der Waals surface area contributed by atoms with Gasteiger partial charge in [-0.15, -0.1) is 11.8 Å². The number of rotatable bonds is 10. The van der Waals surface area contributed by atoms with E-state index in [2.05, 4.69) is 5.32 Å². The van der Waals surface area contributed by atoms with Gasteiger partial charge in [-0.2, -0.15) is 4.31 Å². The van der Waals surface area contributed by atoms with Crippen LogP contribution in [0.1, 0.15) is 32.4 Å². The molecule has 0 aliphatic carbocycles. The quantitative estimate of drug-likeness (QED) is 0.572. The van der Waals surface area contributed by atoms with Crippen molar-refractivity contribution in [2.45, 2.75) is 31.7 Å². The zero-order valence-electron chi connectivity index (χ0n) is 17.8. The maximum absolute atomic E-state index is 12.6. The average molecular weight is 458 g/mol. The third-order valence-corrected chi connectivity index (χ3v) is 7.90. The second-order valence-corrected chi connectivity index (χ2v) is 9.86. The SMILES string of the molecule is CCN(CC)S(=O)(=O)c1ccc(C(C)NC(=O)CSCC(=O)N2CCOCC2)cc1. The molecule has 1 aliphatic heterocycles. The van der Waals surface area contributed by atoms with Crippen molar-refractivity contribution in [1.29, 1.82) is 0 Å². The van der Waals surface area contributed by atoms with E-state index in [0.717, 1.165) is 5.56 Å². The molecular formula is C20H31N3O5S2. The Morgan fingerprint density at radius 2 is 1.73 bits per heavy atom. The summed E-state index contributed by atoms with van der Waals surface area (Å²) in [7, 11) is -3.50. The molecule has 30 heavy (non-hydrogen) atoms. The minimum Gasteiger partial charge on any atom is -0.378 e. The smallest absolute Gasteiger partial charge is 0.243 e. The summed E-state index contributed by atoms with van der Waals surface area (Å²) in [6.07, 6.45) is 0. The van der Waals surface area contributed by atoms with Gasteiger partial charge in [0.25, 0.3) is 0 Å². The van der Waals surface area contributed by atoms with Crippen LogP contribution in [0.3, 0.4) is 0 Å². The van der Waals surface area contributed by atoms with Crippen LogP contribution in [0.25, 0.3) is 0 Å². The number of nitrogens with zero attached hydrogens (tertiary/aromatic N) is 2. The molecule has 0 radical (unpaired) electrons. The monoisotopic (exact) mass is 457 g/mol. The van der Waals surface area contributed by atoms with E-state index in [4.69, 9.17) is 4.74 Å². The van der Waals surface area contributed by atoms with Gasteiger partial charge in [0, 0.05) is 26.2 Å². The lowest BCUT2D eigenvalue weighted by molar-refractivity contribution is -0.132. The maximum Gasteiger partial charge on any atom is 0.243 e. The van der Waals surface area contributed by atoms with Crippen molar-refractivity contribution in [3.05, 3.63) is 29.8 Å². The number of amides is 2. The van der Waals surface area contributed by atoms with Crippen LogP contribution in [0.4, 0.5) is 0 Å². The number of thioether (sulfide) groups is 1. The summed E-state index contributed by atoms with van der Waals surface area (Å²) in [5, 5.41) is 2.89. The Balaban J connectivity index is 1.83. The predicted molar refractivity (Wildman–Crippen MR) is 118 cm³/mol. The van der Waals surface area contributed by atoms with Crippen molar-refractivity contribution >= 4 is 33.6 Å². The zero-order valence-corrected chi connectivity index (χ0v) is 19.4. The Bertz CT molecular complexity index is 804. The van der Waals surface area contributed by atoms with E-state index in [1.807, 2.05) is 6.92 Å². The number of morpholine rings is 1. The van der Waals surface area contributed by atoms with E-state index in [-0.39, 0.29) is 34.3 Å². The molecule has 1 atom stereocenters. The summed E-state index contributed by atoms with van der Waals surface area (Å²) in [4.78, 5) is 26.3. The van der Waals surface area contributed by atoms with Crippen LogP contribution in [-0.2, 0) is 24.3 Å². The second kappa shape index (κ2) is 11.7. The van der Waals surface area contributed by atoms with E-state index in [0.29, 0.717) is 39.4 Å². The van der Waals surface area contributed by atoms with E-state index in [1.165, 1.54) is 16.1 Å². The van der Waals surface area contributed by atoms with Crippen LogP contribution in [-0.4, -0.2) is 80.3 Å². The third-order valence-electron chi connectivity index (χ3n) is 4.92. The van der Waals surface area contributed by atoms with Crippen LogP contribution in [0.2, 0.25) is 0 Å². The van der Waals surface area contributed by atoms with Crippen LogP contribution >= 0.6 is 11.8 Å². The molecule has 8 nitrogen and oxygen atoms in total. The normalized spacial score (nSPS) is 15.8. The third kappa shape index (κ3) is 6.69. The lowest BCUT2D eigenvalue weighted by Gasteiger charge is -2.26. The summed E-state index contributed by atoms with van der Waals surface area (Å²) in [5.74, 6) is 0.311. The van der Waals surface area contributed by atoms with Gasteiger partial charge >= 0.3 is 0 Å². The predicted octanol–water partition coefficient (Wildman–Crippen LogP) is 1.49. The van der Waals surface area contributed by atoms with E-state index in [9.17, 15) is 18.0 Å². The molecule has 1 fully saturated rings. The second-order valence-electron chi connectivity index (χ2n) is 6.93. The first-order chi connectivity index (χ1) is 14.3. The topological polar surface area (TPSA) is 96.0 Å². The highest BCUT2D eigenvalue weighted by atomic mass is 32.2. The number of sulfonamides is 1. The standard InChI is InChI=1S/C20H31N3O5S2/c1-4-23(5-2)30(26,27)18-8-6-17(7-9-18)16(3)21-19(24)14-29-15-20(25)22-10-12-28-13-11-22/h6-9,16H,4-5,10-15H2,1-3H3,(H,21,24). The fourth-order valence-electron chi connectivity index (χ4n) is 3.14. The van der Waals surface area contributed by atoms with Crippen molar-refractivity contribution in [1.82, 2.24) is 14.5 Å². The minimum atomic E-state index is -3.50.